The Kier molecular flexibility index (Phi) is 6.30. The van der Waals surface area contributed by atoms with Gasteiger partial charge in [0.2, 0.25) is 0 Å². The zero-order valence-electron chi connectivity index (χ0n) is 12.2. The number of rotatable bonds is 6. The number of hydrogen-bond donors (Lipinski definition) is 1. The third-order valence-corrected chi connectivity index (χ3v) is 3.93. The van der Waals surface area contributed by atoms with Crippen LogP contribution in [0.1, 0.15) is 53.4 Å². The van der Waals surface area contributed by atoms with E-state index in [2.05, 4.69) is 13.8 Å². The molecule has 0 radical (unpaired) electrons. The van der Waals surface area contributed by atoms with Crippen LogP contribution in [0.5, 0.6) is 0 Å². The maximum absolute atomic E-state index is 11.9. The van der Waals surface area contributed by atoms with Gasteiger partial charge in [0, 0.05) is 12.3 Å². The van der Waals surface area contributed by atoms with Gasteiger partial charge in [-0.05, 0) is 44.9 Å². The molecule has 1 aliphatic carbocycles. The van der Waals surface area contributed by atoms with Crippen LogP contribution in [0.4, 0.5) is 0 Å². The predicted octanol–water partition coefficient (Wildman–Crippen LogP) is 2.80. The first-order chi connectivity index (χ1) is 8.40. The molecule has 3 heteroatoms. The topological polar surface area (TPSA) is 46.5 Å². The van der Waals surface area contributed by atoms with Crippen molar-refractivity contribution < 1.29 is 14.6 Å². The molecule has 0 aromatic carbocycles. The molecule has 1 N–H and O–H groups in total. The van der Waals surface area contributed by atoms with Crippen LogP contribution in [0.25, 0.3) is 0 Å². The molecule has 106 valence electrons. The zero-order valence-corrected chi connectivity index (χ0v) is 12.2. The monoisotopic (exact) mass is 256 g/mol. The summed E-state index contributed by atoms with van der Waals surface area (Å²) in [4.78, 5) is 11.9. The van der Waals surface area contributed by atoms with Crippen molar-refractivity contribution in [3.63, 3.8) is 0 Å². The zero-order chi connectivity index (χ0) is 13.7. The lowest BCUT2D eigenvalue weighted by Gasteiger charge is -2.31. The van der Waals surface area contributed by atoms with E-state index < -0.39 is 6.10 Å². The summed E-state index contributed by atoms with van der Waals surface area (Å²) in [5.74, 6) is 1.63. The number of aliphatic hydroxyl groups is 1. The van der Waals surface area contributed by atoms with E-state index in [9.17, 15) is 9.90 Å². The van der Waals surface area contributed by atoms with E-state index in [4.69, 9.17) is 4.74 Å². The normalized spacial score (nSPS) is 26.9. The summed E-state index contributed by atoms with van der Waals surface area (Å²) < 4.78 is 5.39. The highest BCUT2D eigenvalue weighted by Gasteiger charge is 2.31. The van der Waals surface area contributed by atoms with Crippen molar-refractivity contribution in [2.75, 3.05) is 6.61 Å². The molecule has 3 unspecified atom stereocenters. The largest absolute Gasteiger partial charge is 0.391 e. The third-order valence-electron chi connectivity index (χ3n) is 3.93. The Balaban J connectivity index is 2.40. The fourth-order valence-corrected chi connectivity index (χ4v) is 2.68. The van der Waals surface area contributed by atoms with Gasteiger partial charge in [-0.25, -0.2) is 0 Å². The van der Waals surface area contributed by atoms with Gasteiger partial charge in [0.05, 0.1) is 18.8 Å². The summed E-state index contributed by atoms with van der Waals surface area (Å²) in [6.07, 6.45) is 2.83. The van der Waals surface area contributed by atoms with Crippen molar-refractivity contribution in [1.29, 1.82) is 0 Å². The van der Waals surface area contributed by atoms with Crippen LogP contribution >= 0.6 is 0 Å². The lowest BCUT2D eigenvalue weighted by atomic mass is 9.74. The fourth-order valence-electron chi connectivity index (χ4n) is 2.68. The van der Waals surface area contributed by atoms with E-state index in [-0.39, 0.29) is 12.0 Å². The number of ether oxygens (including phenoxy) is 1. The molecule has 0 aliphatic heterocycles. The molecule has 0 bridgehead atoms. The number of Topliss-reactive ketones (excluding diaryl/α,β-unsaturated/α-hetero) is 1. The van der Waals surface area contributed by atoms with Crippen LogP contribution in [0.2, 0.25) is 0 Å². The van der Waals surface area contributed by atoms with Crippen LogP contribution in [0, 0.1) is 17.8 Å². The number of ketones is 1. The van der Waals surface area contributed by atoms with Gasteiger partial charge in [0.25, 0.3) is 0 Å². The Morgan fingerprint density at radius 2 is 2.00 bits per heavy atom. The summed E-state index contributed by atoms with van der Waals surface area (Å²) in [5, 5.41) is 9.92. The highest BCUT2D eigenvalue weighted by atomic mass is 16.5. The lowest BCUT2D eigenvalue weighted by Crippen LogP contribution is -2.31. The minimum atomic E-state index is -0.507. The van der Waals surface area contributed by atoms with Crippen molar-refractivity contribution in [1.82, 2.24) is 0 Å². The number of carbonyl (C=O) groups excluding carboxylic acids is 1. The molecule has 1 rings (SSSR count). The van der Waals surface area contributed by atoms with Crippen LogP contribution in [-0.2, 0) is 9.53 Å². The first kappa shape index (κ1) is 15.6. The highest BCUT2D eigenvalue weighted by Crippen LogP contribution is 2.33. The second kappa shape index (κ2) is 7.25. The third kappa shape index (κ3) is 5.07. The molecule has 0 aromatic rings. The van der Waals surface area contributed by atoms with Gasteiger partial charge in [-0.3, -0.25) is 4.79 Å². The Bertz CT molecular complexity index is 260. The predicted molar refractivity (Wildman–Crippen MR) is 72.4 cm³/mol. The van der Waals surface area contributed by atoms with Crippen LogP contribution < -0.4 is 0 Å². The van der Waals surface area contributed by atoms with E-state index in [0.717, 1.165) is 12.8 Å². The molecule has 1 aliphatic rings. The van der Waals surface area contributed by atoms with Gasteiger partial charge in [-0.1, -0.05) is 13.8 Å². The van der Waals surface area contributed by atoms with E-state index in [1.807, 2.05) is 13.8 Å². The smallest absolute Gasteiger partial charge is 0.136 e. The molecule has 1 fully saturated rings. The molecular weight excluding hydrogens is 228 g/mol. The molecule has 0 spiro atoms. The molecule has 3 nitrogen and oxygen atoms in total. The summed E-state index contributed by atoms with van der Waals surface area (Å²) in [5.41, 5.74) is 0. The van der Waals surface area contributed by atoms with Crippen molar-refractivity contribution in [2.24, 2.45) is 17.8 Å². The van der Waals surface area contributed by atoms with Crippen molar-refractivity contribution in [2.45, 2.75) is 65.6 Å². The number of aliphatic hydroxyl groups excluding tert-OH is 1. The maximum Gasteiger partial charge on any atom is 0.136 e. The molecule has 3 atom stereocenters. The average Bonchev–Trinajstić information content (AvgIpc) is 2.29. The number of carbonyl (C=O) groups is 1. The quantitative estimate of drug-likeness (QED) is 0.795. The second-order valence-electron chi connectivity index (χ2n) is 6.21. The first-order valence-electron chi connectivity index (χ1n) is 7.22. The Morgan fingerprint density at radius 1 is 1.33 bits per heavy atom. The Morgan fingerprint density at radius 3 is 2.56 bits per heavy atom. The van der Waals surface area contributed by atoms with Crippen molar-refractivity contribution in [3.05, 3.63) is 0 Å². The fraction of sp³-hybridized carbons (Fsp3) is 0.933. The summed E-state index contributed by atoms with van der Waals surface area (Å²) in [6.45, 7) is 8.68. The van der Waals surface area contributed by atoms with Gasteiger partial charge < -0.3 is 9.84 Å². The molecule has 0 aromatic heterocycles. The van der Waals surface area contributed by atoms with Crippen LogP contribution in [0.3, 0.4) is 0 Å². The van der Waals surface area contributed by atoms with Gasteiger partial charge in [0.15, 0.2) is 0 Å². The summed E-state index contributed by atoms with van der Waals surface area (Å²) in [6, 6.07) is 0. The summed E-state index contributed by atoms with van der Waals surface area (Å²) in [7, 11) is 0. The second-order valence-corrected chi connectivity index (χ2v) is 6.21. The van der Waals surface area contributed by atoms with Crippen LogP contribution in [-0.4, -0.2) is 29.7 Å². The molecule has 0 amide bonds. The van der Waals surface area contributed by atoms with E-state index in [1.165, 1.54) is 0 Å². The lowest BCUT2D eigenvalue weighted by molar-refractivity contribution is -0.127. The van der Waals surface area contributed by atoms with E-state index in [1.54, 1.807) is 0 Å². The Labute approximate surface area is 111 Å². The number of hydrogen-bond acceptors (Lipinski definition) is 3. The highest BCUT2D eigenvalue weighted by molar-refractivity contribution is 5.81. The maximum atomic E-state index is 11.9. The van der Waals surface area contributed by atoms with E-state index >= 15 is 0 Å². The molecule has 18 heavy (non-hydrogen) atoms. The van der Waals surface area contributed by atoms with Crippen molar-refractivity contribution >= 4 is 5.78 Å². The minimum Gasteiger partial charge on any atom is -0.391 e. The first-order valence-corrected chi connectivity index (χ1v) is 7.22. The molecular formula is C15H28O3. The SMILES string of the molecule is CC(C)OCC(O)CC1CC(C(C)C)CCC1=O. The van der Waals surface area contributed by atoms with Crippen LogP contribution in [0.15, 0.2) is 0 Å². The van der Waals surface area contributed by atoms with Gasteiger partial charge in [-0.15, -0.1) is 0 Å². The average molecular weight is 256 g/mol. The van der Waals surface area contributed by atoms with Crippen molar-refractivity contribution in [3.8, 4) is 0 Å². The van der Waals surface area contributed by atoms with E-state index in [0.29, 0.717) is 37.1 Å². The summed E-state index contributed by atoms with van der Waals surface area (Å²) >= 11 is 0. The molecule has 0 saturated heterocycles. The van der Waals surface area contributed by atoms with Gasteiger partial charge >= 0.3 is 0 Å². The standard InChI is InChI=1S/C15H28O3/c1-10(2)12-5-6-15(17)13(7-12)8-14(16)9-18-11(3)4/h10-14,16H,5-9H2,1-4H3. The molecule has 0 heterocycles. The minimum absolute atomic E-state index is 0.0388. The Hall–Kier alpha value is -0.410. The van der Waals surface area contributed by atoms with Gasteiger partial charge in [-0.2, -0.15) is 0 Å². The van der Waals surface area contributed by atoms with Gasteiger partial charge in [0.1, 0.15) is 5.78 Å². The molecule has 1 saturated carbocycles.